The summed E-state index contributed by atoms with van der Waals surface area (Å²) >= 11 is 0. The molecule has 2 atom stereocenters. The number of hydrogen-bond acceptors (Lipinski definition) is 6. The standard InChI is InChI=1S/C34H40N2O6/c1-5-39-27-14-13-22(19-28(27)40-6-2)15-17-35-33(37)31-24-11-9-10-12-25(24)34(38)36-18-16-23-20-29(41-7-3)30(42-8-4)21-26(23)32(31)36/h9-14,19-21,31-32H,5-8,15-18H2,1-4H3,(H,35,37)/t31-,32-/m0/s1. The molecule has 3 aromatic carbocycles. The van der Waals surface area contributed by atoms with Gasteiger partial charge in [-0.05, 0) is 93.1 Å². The van der Waals surface area contributed by atoms with Crippen molar-refractivity contribution in [1.82, 2.24) is 10.2 Å². The van der Waals surface area contributed by atoms with Gasteiger partial charge in [0.05, 0.1) is 38.4 Å². The zero-order valence-electron chi connectivity index (χ0n) is 24.9. The van der Waals surface area contributed by atoms with Crippen LogP contribution in [0.2, 0.25) is 0 Å². The number of carbonyl (C=O) groups is 2. The zero-order chi connectivity index (χ0) is 29.6. The van der Waals surface area contributed by atoms with Gasteiger partial charge in [-0.3, -0.25) is 9.59 Å². The zero-order valence-corrected chi connectivity index (χ0v) is 24.9. The van der Waals surface area contributed by atoms with Gasteiger partial charge in [0.1, 0.15) is 0 Å². The lowest BCUT2D eigenvalue weighted by Gasteiger charge is -2.45. The Morgan fingerprint density at radius 1 is 0.810 bits per heavy atom. The van der Waals surface area contributed by atoms with E-state index < -0.39 is 12.0 Å². The fourth-order valence-electron chi connectivity index (χ4n) is 6.04. The highest BCUT2D eigenvalue weighted by atomic mass is 16.5. The topological polar surface area (TPSA) is 86.3 Å². The first-order valence-electron chi connectivity index (χ1n) is 15.0. The van der Waals surface area contributed by atoms with Crippen molar-refractivity contribution < 1.29 is 28.5 Å². The number of ether oxygens (including phenoxy) is 4. The third-order valence-electron chi connectivity index (χ3n) is 7.79. The molecule has 0 saturated heterocycles. The molecule has 2 amide bonds. The Balaban J connectivity index is 1.44. The fraction of sp³-hybridized carbons (Fsp3) is 0.412. The number of nitrogens with zero attached hydrogens (tertiary/aromatic N) is 1. The molecule has 2 aliphatic heterocycles. The second-order valence-corrected chi connectivity index (χ2v) is 10.3. The van der Waals surface area contributed by atoms with Crippen LogP contribution in [-0.4, -0.2) is 56.2 Å². The number of hydrogen-bond donors (Lipinski definition) is 1. The van der Waals surface area contributed by atoms with E-state index in [0.29, 0.717) is 80.9 Å². The molecule has 0 spiro atoms. The Hall–Kier alpha value is -4.20. The fourth-order valence-corrected chi connectivity index (χ4v) is 6.04. The van der Waals surface area contributed by atoms with Crippen molar-refractivity contribution in [2.75, 3.05) is 39.5 Å². The van der Waals surface area contributed by atoms with E-state index in [-0.39, 0.29) is 11.8 Å². The van der Waals surface area contributed by atoms with Crippen molar-refractivity contribution >= 4 is 11.8 Å². The molecule has 1 N–H and O–H groups in total. The highest BCUT2D eigenvalue weighted by Gasteiger charge is 2.46. The highest BCUT2D eigenvalue weighted by Crippen LogP contribution is 2.48. The average Bonchev–Trinajstić information content (AvgIpc) is 2.99. The van der Waals surface area contributed by atoms with Crippen LogP contribution in [-0.2, 0) is 17.6 Å². The first kappa shape index (κ1) is 29.3. The molecule has 0 fully saturated rings. The molecule has 0 saturated carbocycles. The molecular formula is C34H40N2O6. The second-order valence-electron chi connectivity index (χ2n) is 10.3. The monoisotopic (exact) mass is 572 g/mol. The van der Waals surface area contributed by atoms with Gasteiger partial charge in [-0.1, -0.05) is 24.3 Å². The largest absolute Gasteiger partial charge is 0.490 e. The molecule has 222 valence electrons. The van der Waals surface area contributed by atoms with Crippen molar-refractivity contribution in [3.8, 4) is 23.0 Å². The third kappa shape index (κ3) is 5.75. The summed E-state index contributed by atoms with van der Waals surface area (Å²) in [5.74, 6) is 2.02. The van der Waals surface area contributed by atoms with E-state index in [4.69, 9.17) is 18.9 Å². The normalized spacial score (nSPS) is 17.0. The van der Waals surface area contributed by atoms with Crippen LogP contribution < -0.4 is 24.3 Å². The second kappa shape index (κ2) is 13.2. The number of fused-ring (bicyclic) bond motifs is 4. The quantitative estimate of drug-likeness (QED) is 0.310. The summed E-state index contributed by atoms with van der Waals surface area (Å²) in [6.07, 6.45) is 1.31. The average molecular weight is 573 g/mol. The molecule has 0 aromatic heterocycles. The molecule has 5 rings (SSSR count). The number of nitrogens with one attached hydrogen (secondary N) is 1. The van der Waals surface area contributed by atoms with Gasteiger partial charge >= 0.3 is 0 Å². The molecular weight excluding hydrogens is 532 g/mol. The van der Waals surface area contributed by atoms with Gasteiger partial charge in [0.25, 0.3) is 5.91 Å². The number of benzene rings is 3. The first-order valence-corrected chi connectivity index (χ1v) is 15.0. The lowest BCUT2D eigenvalue weighted by Crippen LogP contribution is -2.50. The van der Waals surface area contributed by atoms with E-state index in [2.05, 4.69) is 5.32 Å². The highest BCUT2D eigenvalue weighted by molar-refractivity contribution is 6.01. The minimum Gasteiger partial charge on any atom is -0.490 e. The predicted molar refractivity (Wildman–Crippen MR) is 161 cm³/mol. The van der Waals surface area contributed by atoms with Crippen LogP contribution in [0.1, 0.15) is 72.3 Å². The number of carbonyl (C=O) groups excluding carboxylic acids is 2. The van der Waals surface area contributed by atoms with E-state index in [1.165, 1.54) is 0 Å². The summed E-state index contributed by atoms with van der Waals surface area (Å²) in [6, 6.07) is 16.9. The molecule has 2 aliphatic rings. The van der Waals surface area contributed by atoms with Crippen molar-refractivity contribution in [3.05, 3.63) is 82.4 Å². The van der Waals surface area contributed by atoms with Crippen molar-refractivity contribution in [3.63, 3.8) is 0 Å². The lowest BCUT2D eigenvalue weighted by atomic mass is 9.75. The van der Waals surface area contributed by atoms with Crippen LogP contribution in [0, 0.1) is 0 Å². The van der Waals surface area contributed by atoms with Gasteiger partial charge < -0.3 is 29.2 Å². The Morgan fingerprint density at radius 2 is 1.45 bits per heavy atom. The molecule has 42 heavy (non-hydrogen) atoms. The first-order chi connectivity index (χ1) is 20.5. The summed E-state index contributed by atoms with van der Waals surface area (Å²) in [6.45, 7) is 10.8. The van der Waals surface area contributed by atoms with Crippen molar-refractivity contribution in [2.24, 2.45) is 0 Å². The van der Waals surface area contributed by atoms with Gasteiger partial charge in [0, 0.05) is 18.7 Å². The minimum absolute atomic E-state index is 0.0463. The van der Waals surface area contributed by atoms with Gasteiger partial charge in [-0.2, -0.15) is 0 Å². The van der Waals surface area contributed by atoms with E-state index in [0.717, 1.165) is 22.3 Å². The SMILES string of the molecule is CCOc1ccc(CCNC(=O)[C@H]2c3ccccc3C(=O)N3CCc4cc(OCC)c(OCC)cc4[C@@H]23)cc1OCC. The van der Waals surface area contributed by atoms with Crippen molar-refractivity contribution in [1.29, 1.82) is 0 Å². The summed E-state index contributed by atoms with van der Waals surface area (Å²) in [5, 5.41) is 3.18. The number of rotatable bonds is 12. The maximum absolute atomic E-state index is 14.1. The molecule has 8 nitrogen and oxygen atoms in total. The van der Waals surface area contributed by atoms with E-state index in [1.807, 2.05) is 87.2 Å². The van der Waals surface area contributed by atoms with E-state index >= 15 is 0 Å². The van der Waals surface area contributed by atoms with Gasteiger partial charge in [0.2, 0.25) is 5.91 Å². The summed E-state index contributed by atoms with van der Waals surface area (Å²) in [7, 11) is 0. The molecule has 0 aliphatic carbocycles. The Labute approximate surface area is 247 Å². The van der Waals surface area contributed by atoms with Crippen LogP contribution in [0.4, 0.5) is 0 Å². The molecule has 3 aromatic rings. The Bertz CT molecular complexity index is 1440. The Morgan fingerprint density at radius 3 is 2.17 bits per heavy atom. The van der Waals surface area contributed by atoms with Crippen LogP contribution in [0.5, 0.6) is 23.0 Å². The minimum atomic E-state index is -0.565. The van der Waals surface area contributed by atoms with Crippen LogP contribution in [0.3, 0.4) is 0 Å². The summed E-state index contributed by atoms with van der Waals surface area (Å²) < 4.78 is 23.3. The molecule has 0 unspecified atom stereocenters. The van der Waals surface area contributed by atoms with E-state index in [1.54, 1.807) is 0 Å². The van der Waals surface area contributed by atoms with Crippen molar-refractivity contribution in [2.45, 2.75) is 52.5 Å². The van der Waals surface area contributed by atoms with Gasteiger partial charge in [0.15, 0.2) is 23.0 Å². The van der Waals surface area contributed by atoms with Crippen LogP contribution >= 0.6 is 0 Å². The van der Waals surface area contributed by atoms with Gasteiger partial charge in [-0.15, -0.1) is 0 Å². The molecule has 8 heteroatoms. The van der Waals surface area contributed by atoms with Crippen LogP contribution in [0.25, 0.3) is 0 Å². The molecule has 0 bridgehead atoms. The number of amides is 2. The summed E-state index contributed by atoms with van der Waals surface area (Å²) in [4.78, 5) is 29.6. The predicted octanol–water partition coefficient (Wildman–Crippen LogP) is 5.48. The summed E-state index contributed by atoms with van der Waals surface area (Å²) in [5.41, 5.74) is 4.38. The maximum Gasteiger partial charge on any atom is 0.254 e. The molecule has 2 heterocycles. The smallest absolute Gasteiger partial charge is 0.254 e. The lowest BCUT2D eigenvalue weighted by molar-refractivity contribution is -0.124. The maximum atomic E-state index is 14.1. The Kier molecular flexibility index (Phi) is 9.20. The van der Waals surface area contributed by atoms with E-state index in [9.17, 15) is 9.59 Å². The third-order valence-corrected chi connectivity index (χ3v) is 7.79. The van der Waals surface area contributed by atoms with Crippen LogP contribution in [0.15, 0.2) is 54.6 Å². The van der Waals surface area contributed by atoms with Gasteiger partial charge in [-0.25, -0.2) is 0 Å². The molecule has 0 radical (unpaired) electrons.